The van der Waals surface area contributed by atoms with E-state index in [4.69, 9.17) is 4.98 Å². The van der Waals surface area contributed by atoms with Crippen molar-refractivity contribution in [2.75, 3.05) is 18.5 Å². The predicted molar refractivity (Wildman–Crippen MR) is 78.4 cm³/mol. The van der Waals surface area contributed by atoms with Gasteiger partial charge in [-0.15, -0.1) is 11.3 Å². The quantitative estimate of drug-likeness (QED) is 0.783. The van der Waals surface area contributed by atoms with Crippen molar-refractivity contribution < 1.29 is 0 Å². The highest BCUT2D eigenvalue weighted by molar-refractivity contribution is 9.08. The van der Waals surface area contributed by atoms with Gasteiger partial charge in [0.1, 0.15) is 0 Å². The molecular formula is C12H18BrN3S. The molecule has 0 spiro atoms. The van der Waals surface area contributed by atoms with E-state index in [9.17, 15) is 0 Å². The molecule has 5 heteroatoms. The summed E-state index contributed by atoms with van der Waals surface area (Å²) >= 11 is 5.24. The lowest BCUT2D eigenvalue weighted by Crippen LogP contribution is -2.21. The Morgan fingerprint density at radius 1 is 1.53 bits per heavy atom. The summed E-state index contributed by atoms with van der Waals surface area (Å²) in [5.74, 6) is 1.84. The van der Waals surface area contributed by atoms with E-state index in [1.165, 1.54) is 12.1 Å². The first-order valence-corrected chi connectivity index (χ1v) is 7.85. The minimum Gasteiger partial charge on any atom is -0.358 e. The second kappa shape index (κ2) is 5.40. The maximum atomic E-state index is 4.70. The van der Waals surface area contributed by atoms with Crippen molar-refractivity contribution in [3.05, 3.63) is 17.3 Å². The first-order chi connectivity index (χ1) is 8.13. The Kier molecular flexibility index (Phi) is 4.09. The lowest BCUT2D eigenvalue weighted by molar-refractivity contribution is 0.583. The van der Waals surface area contributed by atoms with Gasteiger partial charge in [0.2, 0.25) is 0 Å². The van der Waals surface area contributed by atoms with Gasteiger partial charge in [0.25, 0.3) is 0 Å². The molecular weight excluding hydrogens is 298 g/mol. The SMILES string of the molecule is CC(C)CCN(C)c1nc2sccn2c1CBr. The summed E-state index contributed by atoms with van der Waals surface area (Å²) in [6.45, 7) is 5.57. The molecule has 0 N–H and O–H groups in total. The van der Waals surface area contributed by atoms with Crippen LogP contribution in [0.15, 0.2) is 11.6 Å². The lowest BCUT2D eigenvalue weighted by Gasteiger charge is -2.18. The van der Waals surface area contributed by atoms with E-state index in [0.717, 1.165) is 28.6 Å². The van der Waals surface area contributed by atoms with Crippen molar-refractivity contribution in [2.45, 2.75) is 25.6 Å². The monoisotopic (exact) mass is 315 g/mol. The zero-order chi connectivity index (χ0) is 12.4. The summed E-state index contributed by atoms with van der Waals surface area (Å²) in [4.78, 5) is 8.03. The molecule has 2 rings (SSSR count). The van der Waals surface area contributed by atoms with Crippen LogP contribution in [-0.4, -0.2) is 23.0 Å². The van der Waals surface area contributed by atoms with Gasteiger partial charge in [-0.05, 0) is 12.3 Å². The highest BCUT2D eigenvalue weighted by Gasteiger charge is 2.15. The fourth-order valence-corrected chi connectivity index (χ4v) is 3.06. The van der Waals surface area contributed by atoms with Gasteiger partial charge in [0.05, 0.1) is 5.69 Å². The molecule has 17 heavy (non-hydrogen) atoms. The van der Waals surface area contributed by atoms with E-state index in [1.54, 1.807) is 11.3 Å². The van der Waals surface area contributed by atoms with Crippen LogP contribution in [0.3, 0.4) is 0 Å². The molecule has 94 valence electrons. The highest BCUT2D eigenvalue weighted by Crippen LogP contribution is 2.26. The van der Waals surface area contributed by atoms with Crippen LogP contribution in [-0.2, 0) is 5.33 Å². The van der Waals surface area contributed by atoms with Gasteiger partial charge in [-0.25, -0.2) is 4.98 Å². The van der Waals surface area contributed by atoms with Crippen molar-refractivity contribution in [1.82, 2.24) is 9.38 Å². The number of anilines is 1. The molecule has 2 aromatic rings. The smallest absolute Gasteiger partial charge is 0.195 e. The maximum absolute atomic E-state index is 4.70. The Balaban J connectivity index is 2.24. The minimum absolute atomic E-state index is 0.730. The first-order valence-electron chi connectivity index (χ1n) is 5.85. The summed E-state index contributed by atoms with van der Waals surface area (Å²) in [7, 11) is 2.13. The van der Waals surface area contributed by atoms with Crippen molar-refractivity contribution in [3.63, 3.8) is 0 Å². The molecule has 0 saturated carbocycles. The van der Waals surface area contributed by atoms with Crippen LogP contribution in [0.1, 0.15) is 26.0 Å². The number of thiazole rings is 1. The lowest BCUT2D eigenvalue weighted by atomic mass is 10.1. The standard InChI is InChI=1S/C12H18BrN3S/c1-9(2)4-5-15(3)11-10(8-13)16-6-7-17-12(16)14-11/h6-7,9H,4-5,8H2,1-3H3. The fraction of sp³-hybridized carbons (Fsp3) is 0.583. The molecule has 0 aliphatic heterocycles. The Morgan fingerprint density at radius 3 is 2.94 bits per heavy atom. The number of fused-ring (bicyclic) bond motifs is 1. The molecule has 2 aromatic heterocycles. The second-order valence-electron chi connectivity index (χ2n) is 4.68. The highest BCUT2D eigenvalue weighted by atomic mass is 79.9. The molecule has 0 fully saturated rings. The van der Waals surface area contributed by atoms with Crippen LogP contribution in [0.25, 0.3) is 4.96 Å². The molecule has 0 unspecified atom stereocenters. The van der Waals surface area contributed by atoms with Crippen LogP contribution in [0.2, 0.25) is 0 Å². The normalized spacial score (nSPS) is 11.6. The van der Waals surface area contributed by atoms with Crippen LogP contribution in [0.5, 0.6) is 0 Å². The number of aromatic nitrogens is 2. The Bertz CT molecular complexity index is 489. The number of rotatable bonds is 5. The summed E-state index contributed by atoms with van der Waals surface area (Å²) < 4.78 is 2.17. The summed E-state index contributed by atoms with van der Waals surface area (Å²) in [5.41, 5.74) is 1.24. The van der Waals surface area contributed by atoms with E-state index in [1.807, 2.05) is 0 Å². The average molecular weight is 316 g/mol. The van der Waals surface area contributed by atoms with Crippen LogP contribution >= 0.6 is 27.3 Å². The van der Waals surface area contributed by atoms with E-state index in [-0.39, 0.29) is 0 Å². The van der Waals surface area contributed by atoms with E-state index in [2.05, 4.69) is 57.7 Å². The zero-order valence-electron chi connectivity index (χ0n) is 10.5. The Morgan fingerprint density at radius 2 is 2.29 bits per heavy atom. The van der Waals surface area contributed by atoms with Crippen molar-refractivity contribution in [3.8, 4) is 0 Å². The van der Waals surface area contributed by atoms with Gasteiger partial charge in [0, 0.05) is 30.5 Å². The first kappa shape index (κ1) is 12.9. The zero-order valence-corrected chi connectivity index (χ0v) is 12.9. The molecule has 2 heterocycles. The second-order valence-corrected chi connectivity index (χ2v) is 6.11. The third kappa shape index (κ3) is 2.65. The van der Waals surface area contributed by atoms with E-state index >= 15 is 0 Å². The van der Waals surface area contributed by atoms with Crippen molar-refractivity contribution in [2.24, 2.45) is 5.92 Å². The summed E-state index contributed by atoms with van der Waals surface area (Å²) in [6.07, 6.45) is 3.28. The molecule has 0 amide bonds. The van der Waals surface area contributed by atoms with Crippen molar-refractivity contribution >= 4 is 38.0 Å². The minimum atomic E-state index is 0.730. The van der Waals surface area contributed by atoms with Gasteiger partial charge < -0.3 is 4.90 Å². The number of hydrogen-bond acceptors (Lipinski definition) is 3. The fourth-order valence-electron chi connectivity index (χ4n) is 1.81. The van der Waals surface area contributed by atoms with Gasteiger partial charge >= 0.3 is 0 Å². The Hall–Kier alpha value is -0.550. The van der Waals surface area contributed by atoms with Crippen LogP contribution in [0, 0.1) is 5.92 Å². The van der Waals surface area contributed by atoms with Gasteiger partial charge in [-0.2, -0.15) is 0 Å². The third-order valence-corrected chi connectivity index (χ3v) is 4.16. The molecule has 0 aromatic carbocycles. The van der Waals surface area contributed by atoms with Crippen molar-refractivity contribution in [1.29, 1.82) is 0 Å². The molecule has 0 atom stereocenters. The van der Waals surface area contributed by atoms with Crippen LogP contribution < -0.4 is 4.90 Å². The van der Waals surface area contributed by atoms with Crippen LogP contribution in [0.4, 0.5) is 5.82 Å². The average Bonchev–Trinajstić information content (AvgIpc) is 2.84. The molecule has 3 nitrogen and oxygen atoms in total. The number of hydrogen-bond donors (Lipinski definition) is 0. The largest absolute Gasteiger partial charge is 0.358 e. The van der Waals surface area contributed by atoms with Gasteiger partial charge in [0.15, 0.2) is 10.8 Å². The third-order valence-electron chi connectivity index (χ3n) is 2.87. The number of halogens is 1. The van der Waals surface area contributed by atoms with E-state index < -0.39 is 0 Å². The molecule has 0 radical (unpaired) electrons. The molecule has 0 aliphatic carbocycles. The Labute approximate surface area is 115 Å². The molecule has 0 saturated heterocycles. The van der Waals surface area contributed by atoms with Gasteiger partial charge in [-0.1, -0.05) is 29.8 Å². The summed E-state index contributed by atoms with van der Waals surface area (Å²) in [5, 5.41) is 2.92. The number of nitrogens with zero attached hydrogens (tertiary/aromatic N) is 3. The topological polar surface area (TPSA) is 20.5 Å². The number of alkyl halides is 1. The maximum Gasteiger partial charge on any atom is 0.195 e. The summed E-state index contributed by atoms with van der Waals surface area (Å²) in [6, 6.07) is 0. The van der Waals surface area contributed by atoms with Gasteiger partial charge in [-0.3, -0.25) is 4.40 Å². The van der Waals surface area contributed by atoms with E-state index in [0.29, 0.717) is 0 Å². The molecule has 0 aliphatic rings. The predicted octanol–water partition coefficient (Wildman–Crippen LogP) is 3.77. The number of imidazole rings is 1. The molecule has 0 bridgehead atoms.